The predicted octanol–water partition coefficient (Wildman–Crippen LogP) is 3.20. The molecule has 0 bridgehead atoms. The van der Waals surface area contributed by atoms with Gasteiger partial charge in [-0.15, -0.1) is 0 Å². The van der Waals surface area contributed by atoms with Crippen LogP contribution in [0.25, 0.3) is 0 Å². The fourth-order valence-corrected chi connectivity index (χ4v) is 3.92. The Labute approximate surface area is 179 Å². The van der Waals surface area contributed by atoms with Gasteiger partial charge in [-0.3, -0.25) is 19.4 Å². The van der Waals surface area contributed by atoms with Crippen LogP contribution in [0.15, 0.2) is 48.5 Å². The van der Waals surface area contributed by atoms with E-state index in [2.05, 4.69) is 15.9 Å². The molecule has 0 unspecified atom stereocenters. The zero-order valence-corrected chi connectivity index (χ0v) is 18.1. The van der Waals surface area contributed by atoms with Crippen molar-refractivity contribution in [1.29, 1.82) is 0 Å². The highest BCUT2D eigenvalue weighted by molar-refractivity contribution is 6.04. The Kier molecular flexibility index (Phi) is 7.46. The predicted molar refractivity (Wildman–Crippen MR) is 119 cm³/mol. The molecule has 0 aliphatic carbocycles. The average Bonchev–Trinajstić information content (AvgIpc) is 2.77. The number of methoxy groups -OCH3 is 1. The zero-order chi connectivity index (χ0) is 21.5. The van der Waals surface area contributed by atoms with Crippen molar-refractivity contribution in [2.75, 3.05) is 51.3 Å². The van der Waals surface area contributed by atoms with Crippen LogP contribution in [0.2, 0.25) is 0 Å². The molecule has 0 saturated carbocycles. The summed E-state index contributed by atoms with van der Waals surface area (Å²) in [6.45, 7) is 8.42. The van der Waals surface area contributed by atoms with Crippen LogP contribution in [0.3, 0.4) is 0 Å². The number of anilines is 1. The van der Waals surface area contributed by atoms with Gasteiger partial charge < -0.3 is 9.64 Å². The number of aryl methyl sites for hydroxylation is 1. The summed E-state index contributed by atoms with van der Waals surface area (Å²) in [7, 11) is 1.70. The second kappa shape index (κ2) is 10.3. The van der Waals surface area contributed by atoms with Gasteiger partial charge in [-0.05, 0) is 43.7 Å². The lowest BCUT2D eigenvalue weighted by atomic mass is 10.1. The number of nitrogens with zero attached hydrogens (tertiary/aromatic N) is 3. The molecule has 0 aromatic heterocycles. The number of piperazine rings is 1. The normalized spacial score (nSPS) is 14.4. The van der Waals surface area contributed by atoms with Gasteiger partial charge in [0.05, 0.1) is 12.8 Å². The fraction of sp³-hybridized carbons (Fsp3) is 0.417. The van der Waals surface area contributed by atoms with Crippen LogP contribution in [-0.4, -0.2) is 68.0 Å². The second-order valence-corrected chi connectivity index (χ2v) is 7.64. The summed E-state index contributed by atoms with van der Waals surface area (Å²) in [5.41, 5.74) is 2.62. The lowest BCUT2D eigenvalue weighted by Gasteiger charge is -2.36. The van der Waals surface area contributed by atoms with Crippen molar-refractivity contribution in [3.8, 4) is 5.75 Å². The van der Waals surface area contributed by atoms with Gasteiger partial charge in [0.25, 0.3) is 5.91 Å². The molecular weight excluding hydrogens is 378 g/mol. The van der Waals surface area contributed by atoms with Crippen LogP contribution in [0.4, 0.5) is 5.69 Å². The van der Waals surface area contributed by atoms with E-state index >= 15 is 0 Å². The van der Waals surface area contributed by atoms with Crippen LogP contribution in [0.1, 0.15) is 29.3 Å². The van der Waals surface area contributed by atoms with Crippen molar-refractivity contribution >= 4 is 17.5 Å². The number of ether oxygens (including phenoxy) is 1. The van der Waals surface area contributed by atoms with E-state index in [1.807, 2.05) is 43.3 Å². The van der Waals surface area contributed by atoms with Gasteiger partial charge in [0.2, 0.25) is 5.91 Å². The summed E-state index contributed by atoms with van der Waals surface area (Å²) in [5, 5.41) is 0. The molecule has 0 radical (unpaired) electrons. The third kappa shape index (κ3) is 5.19. The van der Waals surface area contributed by atoms with E-state index in [1.165, 1.54) is 11.8 Å². The van der Waals surface area contributed by atoms with E-state index in [0.717, 1.165) is 56.1 Å². The zero-order valence-electron chi connectivity index (χ0n) is 18.1. The molecule has 1 aliphatic heterocycles. The van der Waals surface area contributed by atoms with Crippen molar-refractivity contribution in [3.05, 3.63) is 59.7 Å². The lowest BCUT2D eigenvalue weighted by molar-refractivity contribution is -0.126. The Balaban J connectivity index is 1.50. The number of hydrogen-bond acceptors (Lipinski definition) is 5. The van der Waals surface area contributed by atoms with Gasteiger partial charge in [0, 0.05) is 45.2 Å². The van der Waals surface area contributed by atoms with Crippen LogP contribution in [0, 0.1) is 6.92 Å². The molecule has 0 spiro atoms. The monoisotopic (exact) mass is 409 g/mol. The molecular formula is C24H31N3O3. The molecule has 6 nitrogen and oxygen atoms in total. The number of imide groups is 1. The maximum atomic E-state index is 12.8. The number of benzene rings is 2. The molecule has 1 fully saturated rings. The Morgan fingerprint density at radius 1 is 1.00 bits per heavy atom. The topological polar surface area (TPSA) is 53.1 Å². The summed E-state index contributed by atoms with van der Waals surface area (Å²) in [6.07, 6.45) is 0.770. The minimum Gasteiger partial charge on any atom is -0.495 e. The molecule has 30 heavy (non-hydrogen) atoms. The van der Waals surface area contributed by atoms with Gasteiger partial charge in [-0.25, -0.2) is 0 Å². The molecule has 160 valence electrons. The van der Waals surface area contributed by atoms with E-state index < -0.39 is 0 Å². The third-order valence-corrected chi connectivity index (χ3v) is 5.65. The maximum Gasteiger partial charge on any atom is 0.260 e. The van der Waals surface area contributed by atoms with Crippen LogP contribution < -0.4 is 9.64 Å². The fourth-order valence-electron chi connectivity index (χ4n) is 3.92. The largest absolute Gasteiger partial charge is 0.495 e. The first kappa shape index (κ1) is 21.8. The standard InChI is InChI=1S/C24H31N3O3/c1-19-9-4-5-10-21(19)24(29)27(20(2)28)14-8-13-25-15-17-26(18-16-25)22-11-6-7-12-23(22)30-3/h4-7,9-12H,8,13-18H2,1-3H3. The van der Waals surface area contributed by atoms with E-state index in [-0.39, 0.29) is 11.8 Å². The molecule has 1 heterocycles. The Bertz CT molecular complexity index is 876. The highest BCUT2D eigenvalue weighted by Gasteiger charge is 2.22. The number of amides is 2. The summed E-state index contributed by atoms with van der Waals surface area (Å²) in [6, 6.07) is 15.5. The van der Waals surface area contributed by atoms with Crippen molar-refractivity contribution in [2.45, 2.75) is 20.3 Å². The van der Waals surface area contributed by atoms with Crippen molar-refractivity contribution in [1.82, 2.24) is 9.80 Å². The van der Waals surface area contributed by atoms with E-state index in [9.17, 15) is 9.59 Å². The number of carbonyl (C=O) groups excluding carboxylic acids is 2. The Morgan fingerprint density at radius 3 is 2.33 bits per heavy atom. The SMILES string of the molecule is COc1ccccc1N1CCN(CCCN(C(C)=O)C(=O)c2ccccc2C)CC1. The quantitative estimate of drug-likeness (QED) is 0.703. The molecule has 0 atom stereocenters. The highest BCUT2D eigenvalue weighted by atomic mass is 16.5. The summed E-state index contributed by atoms with van der Waals surface area (Å²) in [5.74, 6) is 0.489. The van der Waals surface area contributed by atoms with Crippen LogP contribution >= 0.6 is 0 Å². The third-order valence-electron chi connectivity index (χ3n) is 5.65. The molecule has 1 aliphatic rings. The minimum absolute atomic E-state index is 0.204. The van der Waals surface area contributed by atoms with Crippen molar-refractivity contribution in [3.63, 3.8) is 0 Å². The molecule has 2 aromatic carbocycles. The van der Waals surface area contributed by atoms with E-state index in [1.54, 1.807) is 13.2 Å². The number of para-hydroxylation sites is 2. The number of carbonyl (C=O) groups is 2. The Morgan fingerprint density at radius 2 is 1.67 bits per heavy atom. The first-order chi connectivity index (χ1) is 14.5. The molecule has 0 N–H and O–H groups in total. The number of rotatable bonds is 7. The molecule has 1 saturated heterocycles. The minimum atomic E-state index is -0.207. The highest BCUT2D eigenvalue weighted by Crippen LogP contribution is 2.28. The van der Waals surface area contributed by atoms with Gasteiger partial charge in [-0.1, -0.05) is 30.3 Å². The maximum absolute atomic E-state index is 12.8. The average molecular weight is 410 g/mol. The first-order valence-corrected chi connectivity index (χ1v) is 10.5. The lowest BCUT2D eigenvalue weighted by Crippen LogP contribution is -2.47. The van der Waals surface area contributed by atoms with Crippen molar-refractivity contribution in [2.24, 2.45) is 0 Å². The Hall–Kier alpha value is -2.86. The van der Waals surface area contributed by atoms with Crippen molar-refractivity contribution < 1.29 is 14.3 Å². The number of hydrogen-bond donors (Lipinski definition) is 0. The van der Waals surface area contributed by atoms with Gasteiger partial charge in [0.15, 0.2) is 0 Å². The first-order valence-electron chi connectivity index (χ1n) is 10.5. The van der Waals surface area contributed by atoms with E-state index in [0.29, 0.717) is 12.1 Å². The van der Waals surface area contributed by atoms with Gasteiger partial charge >= 0.3 is 0 Å². The molecule has 6 heteroatoms. The van der Waals surface area contributed by atoms with Gasteiger partial charge in [0.1, 0.15) is 5.75 Å². The smallest absolute Gasteiger partial charge is 0.260 e. The molecule has 2 amide bonds. The molecule has 3 rings (SSSR count). The summed E-state index contributed by atoms with van der Waals surface area (Å²) < 4.78 is 5.48. The summed E-state index contributed by atoms with van der Waals surface area (Å²) >= 11 is 0. The molecule has 2 aromatic rings. The van der Waals surface area contributed by atoms with Crippen LogP contribution in [0.5, 0.6) is 5.75 Å². The van der Waals surface area contributed by atoms with Crippen LogP contribution in [-0.2, 0) is 4.79 Å². The van der Waals surface area contributed by atoms with E-state index in [4.69, 9.17) is 4.74 Å². The summed E-state index contributed by atoms with van der Waals surface area (Å²) in [4.78, 5) is 31.0. The second-order valence-electron chi connectivity index (χ2n) is 7.64. The van der Waals surface area contributed by atoms with Gasteiger partial charge in [-0.2, -0.15) is 0 Å².